The molecule has 1 atom stereocenters. The second-order valence-corrected chi connectivity index (χ2v) is 7.21. The predicted molar refractivity (Wildman–Crippen MR) is 112 cm³/mol. The molecule has 0 saturated heterocycles. The maximum atomic E-state index is 8.91. The van der Waals surface area contributed by atoms with Crippen LogP contribution < -0.4 is 5.73 Å². The first-order chi connectivity index (χ1) is 12.7. The number of phenolic OH excluding ortho intramolecular Hbond substituents is 1. The summed E-state index contributed by atoms with van der Waals surface area (Å²) in [4.78, 5) is 8.81. The van der Waals surface area contributed by atoms with Gasteiger partial charge >= 0.3 is 0 Å². The summed E-state index contributed by atoms with van der Waals surface area (Å²) in [6.45, 7) is 10.1. The molecule has 1 heterocycles. The predicted octanol–water partition coefficient (Wildman–Crippen LogP) is 6.14. The van der Waals surface area contributed by atoms with Gasteiger partial charge in [-0.05, 0) is 50.3 Å². The lowest BCUT2D eigenvalue weighted by atomic mass is 9.91. The summed E-state index contributed by atoms with van der Waals surface area (Å²) in [7, 11) is 0. The normalized spacial score (nSPS) is 11.1. The lowest BCUT2D eigenvalue weighted by Crippen LogP contribution is -2.01. The summed E-state index contributed by atoms with van der Waals surface area (Å²) in [5.74, 6) is 1.82. The molecule has 0 saturated carbocycles. The van der Waals surface area contributed by atoms with Crippen LogP contribution in [0.4, 0.5) is 5.88 Å². The fourth-order valence-electron chi connectivity index (χ4n) is 2.43. The number of benzene rings is 1. The van der Waals surface area contributed by atoms with E-state index >= 15 is 0 Å². The molecule has 2 aromatic rings. The average molecular weight is 397 g/mol. The molecule has 152 valence electrons. The fourth-order valence-corrected chi connectivity index (χ4v) is 2.67. The van der Waals surface area contributed by atoms with E-state index in [0.717, 1.165) is 23.5 Å². The molecule has 1 aromatic heterocycles. The minimum Gasteiger partial charge on any atom is -0.506 e. The maximum Gasteiger partial charge on any atom is 0.222 e. The van der Waals surface area contributed by atoms with Gasteiger partial charge in [0.25, 0.3) is 0 Å². The van der Waals surface area contributed by atoms with Crippen molar-refractivity contribution in [3.63, 3.8) is 0 Å². The zero-order chi connectivity index (χ0) is 20.8. The van der Waals surface area contributed by atoms with Crippen LogP contribution in [0.2, 0.25) is 5.02 Å². The molecule has 1 aromatic carbocycles. The molecule has 0 amide bonds. The van der Waals surface area contributed by atoms with Crippen molar-refractivity contribution >= 4 is 23.8 Å². The highest BCUT2D eigenvalue weighted by atomic mass is 35.5. The molecule has 0 radical (unpaired) electrons. The second-order valence-electron chi connectivity index (χ2n) is 6.80. The number of phenols is 1. The number of aromatic hydroxyl groups is 1. The van der Waals surface area contributed by atoms with Gasteiger partial charge in [-0.15, -0.1) is 0 Å². The van der Waals surface area contributed by atoms with Crippen molar-refractivity contribution in [1.82, 2.24) is 5.16 Å². The zero-order valence-electron chi connectivity index (χ0n) is 17.0. The quantitative estimate of drug-likeness (QED) is 0.572. The fraction of sp³-hybridized carbons (Fsp3) is 0.524. The SMILES string of the molecule is CC=O.CCCC(CCC(C)C)c1cc(N)on1.Cc1ccc(O)c(Cl)c1. The topological polar surface area (TPSA) is 89.4 Å². The number of hydrogen-bond acceptors (Lipinski definition) is 5. The minimum atomic E-state index is 0.141. The third kappa shape index (κ3) is 11.3. The van der Waals surface area contributed by atoms with Crippen LogP contribution in [0.15, 0.2) is 28.8 Å². The first-order valence-electron chi connectivity index (χ1n) is 9.32. The number of nitrogens with two attached hydrogens (primary N) is 1. The van der Waals surface area contributed by atoms with E-state index in [4.69, 9.17) is 31.8 Å². The van der Waals surface area contributed by atoms with E-state index in [-0.39, 0.29) is 5.75 Å². The molecule has 27 heavy (non-hydrogen) atoms. The molecule has 6 heteroatoms. The Hall–Kier alpha value is -2.01. The third-order valence-electron chi connectivity index (χ3n) is 3.80. The highest BCUT2D eigenvalue weighted by molar-refractivity contribution is 6.32. The highest BCUT2D eigenvalue weighted by Crippen LogP contribution is 2.28. The first kappa shape index (κ1) is 25.0. The summed E-state index contributed by atoms with van der Waals surface area (Å²) < 4.78 is 4.93. The number of nitrogens with zero attached hydrogens (tertiary/aromatic N) is 1. The third-order valence-corrected chi connectivity index (χ3v) is 4.10. The van der Waals surface area contributed by atoms with Crippen LogP contribution in [0.1, 0.15) is 70.6 Å². The smallest absolute Gasteiger partial charge is 0.222 e. The van der Waals surface area contributed by atoms with E-state index < -0.39 is 0 Å². The summed E-state index contributed by atoms with van der Waals surface area (Å²) >= 11 is 5.56. The van der Waals surface area contributed by atoms with Gasteiger partial charge in [-0.25, -0.2) is 0 Å². The first-order valence-corrected chi connectivity index (χ1v) is 9.69. The summed E-state index contributed by atoms with van der Waals surface area (Å²) in [6.07, 6.45) is 5.50. The second kappa shape index (κ2) is 14.1. The van der Waals surface area contributed by atoms with Gasteiger partial charge in [0.2, 0.25) is 5.88 Å². The van der Waals surface area contributed by atoms with Crippen LogP contribution in [-0.4, -0.2) is 16.5 Å². The molecule has 0 aliphatic rings. The van der Waals surface area contributed by atoms with Crippen molar-refractivity contribution in [3.05, 3.63) is 40.5 Å². The number of carbonyl (C=O) groups is 1. The van der Waals surface area contributed by atoms with Crippen molar-refractivity contribution < 1.29 is 14.4 Å². The molecular formula is C21H33ClN2O3. The van der Waals surface area contributed by atoms with Crippen LogP contribution >= 0.6 is 11.6 Å². The Kier molecular flexibility index (Phi) is 13.0. The number of aromatic nitrogens is 1. The molecule has 0 spiro atoms. The highest BCUT2D eigenvalue weighted by Gasteiger charge is 2.15. The number of aryl methyl sites for hydroxylation is 1. The van der Waals surface area contributed by atoms with Gasteiger partial charge in [0, 0.05) is 12.0 Å². The Balaban J connectivity index is 0.000000477. The van der Waals surface area contributed by atoms with Gasteiger partial charge in [0.1, 0.15) is 12.0 Å². The number of halogens is 1. The van der Waals surface area contributed by atoms with Crippen LogP contribution in [0, 0.1) is 12.8 Å². The van der Waals surface area contributed by atoms with E-state index in [0.29, 0.717) is 16.8 Å². The molecule has 2 rings (SSSR count). The standard InChI is InChI=1S/C12H22N2O.C7H7ClO.C2H4O/c1-4-5-10(7-6-9(2)3)11-8-12(13)15-14-11;1-5-2-3-7(9)6(8)4-5;1-2-3/h8-10H,4-7,13H2,1-3H3;2-4,9H,1H3;2H,1H3. The van der Waals surface area contributed by atoms with Gasteiger partial charge < -0.3 is 20.2 Å². The Morgan fingerprint density at radius 3 is 2.30 bits per heavy atom. The number of nitrogen functional groups attached to an aromatic ring is 1. The van der Waals surface area contributed by atoms with Crippen molar-refractivity contribution in [2.24, 2.45) is 5.92 Å². The zero-order valence-corrected chi connectivity index (χ0v) is 17.8. The lowest BCUT2D eigenvalue weighted by Gasteiger charge is -2.14. The molecule has 3 N–H and O–H groups in total. The Labute approximate surface area is 167 Å². The van der Waals surface area contributed by atoms with Crippen molar-refractivity contribution in [2.75, 3.05) is 5.73 Å². The van der Waals surface area contributed by atoms with Crippen molar-refractivity contribution in [2.45, 2.75) is 66.2 Å². The van der Waals surface area contributed by atoms with Crippen LogP contribution in [0.5, 0.6) is 5.75 Å². The van der Waals surface area contributed by atoms with E-state index in [1.807, 2.05) is 13.0 Å². The largest absolute Gasteiger partial charge is 0.506 e. The van der Waals surface area contributed by atoms with E-state index in [9.17, 15) is 0 Å². The van der Waals surface area contributed by atoms with Gasteiger partial charge in [0.15, 0.2) is 0 Å². The minimum absolute atomic E-state index is 0.141. The Morgan fingerprint density at radius 2 is 1.89 bits per heavy atom. The van der Waals surface area contributed by atoms with Gasteiger partial charge in [-0.2, -0.15) is 0 Å². The number of carbonyl (C=O) groups excluding carboxylic acids is 1. The summed E-state index contributed by atoms with van der Waals surface area (Å²) in [5.41, 5.74) is 7.62. The summed E-state index contributed by atoms with van der Waals surface area (Å²) in [6, 6.07) is 6.97. The number of hydrogen-bond donors (Lipinski definition) is 2. The molecule has 1 unspecified atom stereocenters. The number of aldehydes is 1. The van der Waals surface area contributed by atoms with Crippen LogP contribution in [0.3, 0.4) is 0 Å². The monoisotopic (exact) mass is 396 g/mol. The van der Waals surface area contributed by atoms with Gasteiger partial charge in [0.05, 0.1) is 10.7 Å². The molecular weight excluding hydrogens is 364 g/mol. The number of rotatable bonds is 6. The maximum absolute atomic E-state index is 8.91. The van der Waals surface area contributed by atoms with E-state index in [1.165, 1.54) is 32.6 Å². The van der Waals surface area contributed by atoms with E-state index in [2.05, 4.69) is 25.9 Å². The van der Waals surface area contributed by atoms with Crippen LogP contribution in [0.25, 0.3) is 0 Å². The Morgan fingerprint density at radius 1 is 1.26 bits per heavy atom. The molecule has 0 aliphatic carbocycles. The summed E-state index contributed by atoms with van der Waals surface area (Å²) in [5, 5.41) is 13.3. The van der Waals surface area contributed by atoms with Crippen molar-refractivity contribution in [1.29, 1.82) is 0 Å². The lowest BCUT2D eigenvalue weighted by molar-refractivity contribution is -0.106. The molecule has 5 nitrogen and oxygen atoms in total. The molecule has 0 fully saturated rings. The molecule has 0 aliphatic heterocycles. The number of anilines is 1. The van der Waals surface area contributed by atoms with Gasteiger partial charge in [-0.1, -0.05) is 56.4 Å². The molecule has 0 bridgehead atoms. The van der Waals surface area contributed by atoms with Crippen LogP contribution in [-0.2, 0) is 4.79 Å². The average Bonchev–Trinajstić information content (AvgIpc) is 3.02. The van der Waals surface area contributed by atoms with E-state index in [1.54, 1.807) is 18.2 Å². The van der Waals surface area contributed by atoms with Crippen molar-refractivity contribution in [3.8, 4) is 5.75 Å². The van der Waals surface area contributed by atoms with Gasteiger partial charge in [-0.3, -0.25) is 0 Å². The Bertz CT molecular complexity index is 657.